The number of rotatable bonds is 4. The zero-order valence-corrected chi connectivity index (χ0v) is 11.0. The van der Waals surface area contributed by atoms with Gasteiger partial charge in [-0.25, -0.2) is 4.98 Å². The lowest BCUT2D eigenvalue weighted by molar-refractivity contribution is -0.132. The molecule has 5 heteroatoms. The highest BCUT2D eigenvalue weighted by Gasteiger charge is 2.16. The predicted molar refractivity (Wildman–Crippen MR) is 69.9 cm³/mol. The minimum Gasteiger partial charge on any atom is -0.343 e. The summed E-state index contributed by atoms with van der Waals surface area (Å²) in [4.78, 5) is 18.1. The van der Waals surface area contributed by atoms with Crippen LogP contribution in [0, 0.1) is 0 Å². The van der Waals surface area contributed by atoms with Gasteiger partial charge in [-0.15, -0.1) is 0 Å². The molecule has 0 bridgehead atoms. The maximum atomic E-state index is 12.0. The van der Waals surface area contributed by atoms with Crippen LogP contribution >= 0.6 is 0 Å². The molecule has 5 nitrogen and oxygen atoms in total. The molecule has 0 unspecified atom stereocenters. The van der Waals surface area contributed by atoms with Gasteiger partial charge in [0.15, 0.2) is 0 Å². The summed E-state index contributed by atoms with van der Waals surface area (Å²) >= 11 is 0. The van der Waals surface area contributed by atoms with E-state index >= 15 is 0 Å². The second kappa shape index (κ2) is 6.00. The van der Waals surface area contributed by atoms with Crippen LogP contribution in [0.15, 0.2) is 12.5 Å². The van der Waals surface area contributed by atoms with Gasteiger partial charge in [0.05, 0.1) is 12.0 Å². The number of amides is 1. The Morgan fingerprint density at radius 2 is 2.17 bits per heavy atom. The number of carbonyl (C=O) groups excluding carboxylic acids is 1. The Hall–Kier alpha value is -1.36. The summed E-state index contributed by atoms with van der Waals surface area (Å²) in [6.07, 6.45) is 7.60. The van der Waals surface area contributed by atoms with Crippen LogP contribution in [0.2, 0.25) is 0 Å². The zero-order valence-electron chi connectivity index (χ0n) is 11.0. The Labute approximate surface area is 108 Å². The molecule has 0 aliphatic carbocycles. The summed E-state index contributed by atoms with van der Waals surface area (Å²) in [6, 6.07) is -0.0439. The van der Waals surface area contributed by atoms with Crippen molar-refractivity contribution in [2.75, 3.05) is 13.1 Å². The Morgan fingerprint density at radius 1 is 1.44 bits per heavy atom. The van der Waals surface area contributed by atoms with E-state index in [1.807, 2.05) is 16.4 Å². The van der Waals surface area contributed by atoms with Crippen molar-refractivity contribution in [3.8, 4) is 0 Å². The molecule has 1 aliphatic heterocycles. The molecule has 1 aromatic rings. The standard InChI is InChI=1S/C13H22N4O/c1-11(14)12-9-15-10-17(12)8-5-13(18)16-6-3-2-4-7-16/h9-11H,2-8,14H2,1H3/t11-/m0/s1. The monoisotopic (exact) mass is 250 g/mol. The van der Waals surface area contributed by atoms with Crippen molar-refractivity contribution < 1.29 is 4.79 Å². The molecule has 1 aromatic heterocycles. The third-order valence-corrected chi connectivity index (χ3v) is 3.49. The lowest BCUT2D eigenvalue weighted by Gasteiger charge is -2.26. The molecule has 100 valence electrons. The molecule has 0 radical (unpaired) electrons. The van der Waals surface area contributed by atoms with Crippen molar-refractivity contribution >= 4 is 5.91 Å². The Bertz CT molecular complexity index is 393. The molecule has 18 heavy (non-hydrogen) atoms. The molecule has 0 spiro atoms. The average Bonchev–Trinajstić information content (AvgIpc) is 2.85. The van der Waals surface area contributed by atoms with Crippen molar-refractivity contribution in [1.29, 1.82) is 0 Å². The highest BCUT2D eigenvalue weighted by atomic mass is 16.2. The maximum absolute atomic E-state index is 12.0. The van der Waals surface area contributed by atoms with Crippen LogP contribution in [0.1, 0.15) is 44.3 Å². The number of hydrogen-bond acceptors (Lipinski definition) is 3. The highest BCUT2D eigenvalue weighted by molar-refractivity contribution is 5.76. The van der Waals surface area contributed by atoms with Gasteiger partial charge in [-0.3, -0.25) is 4.79 Å². The van der Waals surface area contributed by atoms with Gasteiger partial charge in [0, 0.05) is 38.3 Å². The van der Waals surface area contributed by atoms with Gasteiger partial charge in [-0.2, -0.15) is 0 Å². The van der Waals surface area contributed by atoms with Crippen LogP contribution in [0.3, 0.4) is 0 Å². The largest absolute Gasteiger partial charge is 0.343 e. The first-order chi connectivity index (χ1) is 8.68. The molecular weight excluding hydrogens is 228 g/mol. The predicted octanol–water partition coefficient (Wildman–Crippen LogP) is 1.31. The molecule has 1 amide bonds. The summed E-state index contributed by atoms with van der Waals surface area (Å²) in [6.45, 7) is 4.44. The molecule has 1 fully saturated rings. The van der Waals surface area contributed by atoms with E-state index in [4.69, 9.17) is 5.73 Å². The van der Waals surface area contributed by atoms with Crippen molar-refractivity contribution in [2.45, 2.75) is 45.2 Å². The number of likely N-dealkylation sites (tertiary alicyclic amines) is 1. The number of carbonyl (C=O) groups is 1. The maximum Gasteiger partial charge on any atom is 0.224 e. The van der Waals surface area contributed by atoms with Crippen molar-refractivity contribution in [3.05, 3.63) is 18.2 Å². The summed E-state index contributed by atoms with van der Waals surface area (Å²) < 4.78 is 1.98. The van der Waals surface area contributed by atoms with E-state index in [1.165, 1.54) is 6.42 Å². The van der Waals surface area contributed by atoms with Crippen LogP contribution < -0.4 is 5.73 Å². The van der Waals surface area contributed by atoms with Gasteiger partial charge in [-0.1, -0.05) is 0 Å². The number of piperidine rings is 1. The van der Waals surface area contributed by atoms with E-state index in [2.05, 4.69) is 4.98 Å². The quantitative estimate of drug-likeness (QED) is 0.876. The summed E-state index contributed by atoms with van der Waals surface area (Å²) in [5.41, 5.74) is 6.84. The van der Waals surface area contributed by atoms with Gasteiger partial charge in [0.2, 0.25) is 5.91 Å². The van der Waals surface area contributed by atoms with Crippen LogP contribution in [-0.4, -0.2) is 33.4 Å². The second-order valence-corrected chi connectivity index (χ2v) is 4.99. The molecule has 2 N–H and O–H groups in total. The number of hydrogen-bond donors (Lipinski definition) is 1. The third kappa shape index (κ3) is 3.10. The number of nitrogens with zero attached hydrogens (tertiary/aromatic N) is 3. The summed E-state index contributed by atoms with van der Waals surface area (Å²) in [5.74, 6) is 0.249. The van der Waals surface area contributed by atoms with E-state index in [0.29, 0.717) is 13.0 Å². The second-order valence-electron chi connectivity index (χ2n) is 4.99. The summed E-state index contributed by atoms with van der Waals surface area (Å²) in [7, 11) is 0. The van der Waals surface area contributed by atoms with Gasteiger partial charge in [-0.05, 0) is 26.2 Å². The van der Waals surface area contributed by atoms with Crippen molar-refractivity contribution in [1.82, 2.24) is 14.5 Å². The Morgan fingerprint density at radius 3 is 2.83 bits per heavy atom. The van der Waals surface area contributed by atoms with Crippen molar-refractivity contribution in [3.63, 3.8) is 0 Å². The lowest BCUT2D eigenvalue weighted by Crippen LogP contribution is -2.36. The molecule has 1 aliphatic rings. The fourth-order valence-electron chi connectivity index (χ4n) is 2.41. The third-order valence-electron chi connectivity index (χ3n) is 3.49. The highest BCUT2D eigenvalue weighted by Crippen LogP contribution is 2.12. The lowest BCUT2D eigenvalue weighted by atomic mass is 10.1. The minimum atomic E-state index is -0.0439. The SMILES string of the molecule is C[C@H](N)c1cncn1CCC(=O)N1CCCCC1. The van der Waals surface area contributed by atoms with Gasteiger partial charge < -0.3 is 15.2 Å². The molecule has 0 saturated carbocycles. The normalized spacial score (nSPS) is 17.8. The van der Waals surface area contributed by atoms with E-state index in [1.54, 1.807) is 12.5 Å². The first-order valence-corrected chi connectivity index (χ1v) is 6.72. The number of aryl methyl sites for hydroxylation is 1. The molecular formula is C13H22N4O. The Balaban J connectivity index is 1.86. The van der Waals surface area contributed by atoms with Crippen LogP contribution in [0.25, 0.3) is 0 Å². The summed E-state index contributed by atoms with van der Waals surface area (Å²) in [5, 5.41) is 0. The minimum absolute atomic E-state index is 0.0439. The zero-order chi connectivity index (χ0) is 13.0. The molecule has 0 aromatic carbocycles. The fraction of sp³-hybridized carbons (Fsp3) is 0.692. The molecule has 2 heterocycles. The molecule has 1 saturated heterocycles. The number of nitrogens with two attached hydrogens (primary N) is 1. The molecule has 2 rings (SSSR count). The topological polar surface area (TPSA) is 64.1 Å². The van der Waals surface area contributed by atoms with Crippen LogP contribution in [0.5, 0.6) is 0 Å². The van der Waals surface area contributed by atoms with Gasteiger partial charge >= 0.3 is 0 Å². The van der Waals surface area contributed by atoms with E-state index in [0.717, 1.165) is 31.6 Å². The van der Waals surface area contributed by atoms with Gasteiger partial charge in [0.1, 0.15) is 0 Å². The fourth-order valence-corrected chi connectivity index (χ4v) is 2.41. The average molecular weight is 250 g/mol. The van der Waals surface area contributed by atoms with E-state index in [9.17, 15) is 4.79 Å². The van der Waals surface area contributed by atoms with E-state index < -0.39 is 0 Å². The van der Waals surface area contributed by atoms with Crippen molar-refractivity contribution in [2.24, 2.45) is 5.73 Å². The molecule has 1 atom stereocenters. The first-order valence-electron chi connectivity index (χ1n) is 6.72. The first kappa shape index (κ1) is 13.1. The van der Waals surface area contributed by atoms with E-state index in [-0.39, 0.29) is 11.9 Å². The number of imidazole rings is 1. The smallest absolute Gasteiger partial charge is 0.224 e. The van der Waals surface area contributed by atoms with Gasteiger partial charge in [0.25, 0.3) is 0 Å². The van der Waals surface area contributed by atoms with Crippen LogP contribution in [-0.2, 0) is 11.3 Å². The number of aromatic nitrogens is 2. The Kier molecular flexibility index (Phi) is 4.36. The van der Waals surface area contributed by atoms with Crippen LogP contribution in [0.4, 0.5) is 0 Å².